The number of rotatable bonds is 4. The molecule has 0 saturated carbocycles. The molecule has 30 heavy (non-hydrogen) atoms. The molecule has 0 aliphatic carbocycles. The number of carbonyl (C=O) groups is 1. The second-order valence-corrected chi connectivity index (χ2v) is 7.58. The molecular formula is C22H27N5O3. The minimum Gasteiger partial charge on any atom is -0.497 e. The lowest BCUT2D eigenvalue weighted by Crippen LogP contribution is -2.44. The number of benzene rings is 1. The van der Waals surface area contributed by atoms with E-state index in [9.17, 15) is 4.79 Å². The highest BCUT2D eigenvalue weighted by molar-refractivity contribution is 5.93. The van der Waals surface area contributed by atoms with E-state index in [0.717, 1.165) is 34.1 Å². The average Bonchev–Trinajstić information content (AvgIpc) is 3.24. The van der Waals surface area contributed by atoms with Gasteiger partial charge in [-0.2, -0.15) is 10.2 Å². The number of ether oxygens (including phenoxy) is 2. The first-order valence-corrected chi connectivity index (χ1v) is 10.0. The first kappa shape index (κ1) is 20.2. The molecule has 1 amide bonds. The van der Waals surface area contributed by atoms with Gasteiger partial charge in [0.2, 0.25) is 0 Å². The highest BCUT2D eigenvalue weighted by atomic mass is 16.5. The Kier molecular flexibility index (Phi) is 5.34. The number of methoxy groups -OCH3 is 1. The summed E-state index contributed by atoms with van der Waals surface area (Å²) in [5.74, 6) is 0.727. The fourth-order valence-corrected chi connectivity index (χ4v) is 4.17. The zero-order chi connectivity index (χ0) is 21.4. The molecule has 1 atom stereocenters. The molecule has 3 heterocycles. The van der Waals surface area contributed by atoms with E-state index in [1.54, 1.807) is 18.8 Å². The summed E-state index contributed by atoms with van der Waals surface area (Å²) < 4.78 is 14.7. The molecule has 1 aliphatic rings. The van der Waals surface area contributed by atoms with Gasteiger partial charge in [-0.1, -0.05) is 6.07 Å². The number of amides is 1. The van der Waals surface area contributed by atoms with Crippen molar-refractivity contribution in [3.63, 3.8) is 0 Å². The predicted octanol–water partition coefficient (Wildman–Crippen LogP) is 2.75. The maximum atomic E-state index is 13.4. The molecule has 1 saturated heterocycles. The van der Waals surface area contributed by atoms with Crippen molar-refractivity contribution in [3.05, 3.63) is 58.7 Å². The Bertz CT molecular complexity index is 1080. The summed E-state index contributed by atoms with van der Waals surface area (Å²) in [7, 11) is 3.45. The number of aromatic nitrogens is 4. The van der Waals surface area contributed by atoms with Gasteiger partial charge in [-0.15, -0.1) is 0 Å². The highest BCUT2D eigenvalue weighted by Crippen LogP contribution is 2.32. The van der Waals surface area contributed by atoms with Gasteiger partial charge >= 0.3 is 0 Å². The molecule has 3 aromatic rings. The third-order valence-electron chi connectivity index (χ3n) is 5.59. The number of hydrogen-bond acceptors (Lipinski definition) is 5. The summed E-state index contributed by atoms with van der Waals surface area (Å²) in [5, 5.41) is 9.10. The van der Waals surface area contributed by atoms with E-state index in [4.69, 9.17) is 14.6 Å². The highest BCUT2D eigenvalue weighted by Gasteiger charge is 2.34. The molecule has 0 N–H and O–H groups in total. The maximum Gasteiger partial charge on any atom is 0.272 e. The van der Waals surface area contributed by atoms with E-state index >= 15 is 0 Å². The maximum absolute atomic E-state index is 13.4. The quantitative estimate of drug-likeness (QED) is 0.662. The number of nitrogens with zero attached hydrogens (tertiary/aromatic N) is 5. The first-order chi connectivity index (χ1) is 14.4. The average molecular weight is 409 g/mol. The Labute approximate surface area is 176 Å². The van der Waals surface area contributed by atoms with E-state index in [2.05, 4.69) is 5.10 Å². The SMILES string of the molecule is COc1cccc(-n2nc(C)c(C3COCCN3C(=O)c3cc(C)nn3C)c2C)c1. The van der Waals surface area contributed by atoms with Gasteiger partial charge in [0.25, 0.3) is 5.91 Å². The summed E-state index contributed by atoms with van der Waals surface area (Å²) >= 11 is 0. The molecule has 1 aromatic carbocycles. The van der Waals surface area contributed by atoms with Crippen LogP contribution < -0.4 is 4.74 Å². The lowest BCUT2D eigenvalue weighted by molar-refractivity contribution is -0.00360. The Hall–Kier alpha value is -3.13. The van der Waals surface area contributed by atoms with E-state index in [1.165, 1.54) is 0 Å². The van der Waals surface area contributed by atoms with Gasteiger partial charge in [-0.05, 0) is 39.0 Å². The van der Waals surface area contributed by atoms with Crippen molar-refractivity contribution >= 4 is 5.91 Å². The van der Waals surface area contributed by atoms with Gasteiger partial charge in [0, 0.05) is 30.9 Å². The fourth-order valence-electron chi connectivity index (χ4n) is 4.17. The van der Waals surface area contributed by atoms with E-state index in [0.29, 0.717) is 25.5 Å². The van der Waals surface area contributed by atoms with Crippen LogP contribution in [-0.2, 0) is 11.8 Å². The Morgan fingerprint density at radius 3 is 2.70 bits per heavy atom. The smallest absolute Gasteiger partial charge is 0.272 e. The molecule has 1 unspecified atom stereocenters. The number of hydrogen-bond donors (Lipinski definition) is 0. The summed E-state index contributed by atoms with van der Waals surface area (Å²) in [6.07, 6.45) is 0. The van der Waals surface area contributed by atoms with Crippen molar-refractivity contribution in [3.8, 4) is 11.4 Å². The summed E-state index contributed by atoms with van der Waals surface area (Å²) in [4.78, 5) is 15.2. The predicted molar refractivity (Wildman–Crippen MR) is 112 cm³/mol. The van der Waals surface area contributed by atoms with Crippen LogP contribution in [0.2, 0.25) is 0 Å². The van der Waals surface area contributed by atoms with Crippen LogP contribution in [0.5, 0.6) is 5.75 Å². The zero-order valence-corrected chi connectivity index (χ0v) is 18.0. The van der Waals surface area contributed by atoms with Crippen LogP contribution in [0, 0.1) is 20.8 Å². The Balaban J connectivity index is 1.73. The minimum atomic E-state index is -0.208. The fraction of sp³-hybridized carbons (Fsp3) is 0.409. The van der Waals surface area contributed by atoms with Gasteiger partial charge in [-0.3, -0.25) is 9.48 Å². The summed E-state index contributed by atoms with van der Waals surface area (Å²) in [6, 6.07) is 9.40. The Morgan fingerprint density at radius 2 is 2.00 bits per heavy atom. The van der Waals surface area contributed by atoms with Crippen molar-refractivity contribution in [1.82, 2.24) is 24.5 Å². The summed E-state index contributed by atoms with van der Waals surface area (Å²) in [5.41, 5.74) is 5.20. The van der Waals surface area contributed by atoms with E-state index in [-0.39, 0.29) is 11.9 Å². The molecule has 0 bridgehead atoms. The molecule has 4 rings (SSSR count). The van der Waals surface area contributed by atoms with Gasteiger partial charge < -0.3 is 14.4 Å². The minimum absolute atomic E-state index is 0.0423. The normalized spacial score (nSPS) is 16.7. The second kappa shape index (κ2) is 7.95. The van der Waals surface area contributed by atoms with Crippen LogP contribution in [-0.4, -0.2) is 57.2 Å². The van der Waals surface area contributed by atoms with E-state index < -0.39 is 0 Å². The van der Waals surface area contributed by atoms with Gasteiger partial charge in [0.15, 0.2) is 0 Å². The number of morpholine rings is 1. The lowest BCUT2D eigenvalue weighted by atomic mass is 10.0. The first-order valence-electron chi connectivity index (χ1n) is 10.0. The Morgan fingerprint density at radius 1 is 1.20 bits per heavy atom. The van der Waals surface area contributed by atoms with Gasteiger partial charge in [0.05, 0.1) is 43.4 Å². The summed E-state index contributed by atoms with van der Waals surface area (Å²) in [6.45, 7) is 7.37. The van der Waals surface area contributed by atoms with Crippen molar-refractivity contribution in [2.45, 2.75) is 26.8 Å². The monoisotopic (exact) mass is 409 g/mol. The van der Waals surface area contributed by atoms with Crippen molar-refractivity contribution < 1.29 is 14.3 Å². The lowest BCUT2D eigenvalue weighted by Gasteiger charge is -2.36. The van der Waals surface area contributed by atoms with Crippen LogP contribution in [0.1, 0.15) is 39.2 Å². The molecule has 8 heteroatoms. The standard InChI is InChI=1S/C22H27N5O3/c1-14-11-19(25(4)23-14)22(28)26-9-10-30-13-20(26)21-15(2)24-27(16(21)3)17-7-6-8-18(12-17)29-5/h6-8,11-12,20H,9-10,13H2,1-5H3. The van der Waals surface area contributed by atoms with Crippen LogP contribution in [0.15, 0.2) is 30.3 Å². The second-order valence-electron chi connectivity index (χ2n) is 7.58. The topological polar surface area (TPSA) is 74.4 Å². The largest absolute Gasteiger partial charge is 0.497 e. The van der Waals surface area contributed by atoms with Crippen LogP contribution in [0.4, 0.5) is 0 Å². The van der Waals surface area contributed by atoms with Gasteiger partial charge in [0.1, 0.15) is 11.4 Å². The van der Waals surface area contributed by atoms with Crippen molar-refractivity contribution in [2.75, 3.05) is 26.9 Å². The van der Waals surface area contributed by atoms with Crippen LogP contribution >= 0.6 is 0 Å². The molecule has 158 valence electrons. The number of carbonyl (C=O) groups excluding carboxylic acids is 1. The third kappa shape index (κ3) is 3.47. The third-order valence-corrected chi connectivity index (χ3v) is 5.59. The molecule has 0 radical (unpaired) electrons. The zero-order valence-electron chi connectivity index (χ0n) is 18.0. The molecule has 1 aliphatic heterocycles. The molecule has 1 fully saturated rings. The molecule has 2 aromatic heterocycles. The molecule has 0 spiro atoms. The van der Waals surface area contributed by atoms with Crippen molar-refractivity contribution in [2.24, 2.45) is 7.05 Å². The van der Waals surface area contributed by atoms with E-state index in [1.807, 2.05) is 60.7 Å². The molecule has 8 nitrogen and oxygen atoms in total. The molecular weight excluding hydrogens is 382 g/mol. The van der Waals surface area contributed by atoms with Crippen LogP contribution in [0.3, 0.4) is 0 Å². The van der Waals surface area contributed by atoms with Crippen LogP contribution in [0.25, 0.3) is 5.69 Å². The van der Waals surface area contributed by atoms with Gasteiger partial charge in [-0.25, -0.2) is 4.68 Å². The van der Waals surface area contributed by atoms with Crippen molar-refractivity contribution in [1.29, 1.82) is 0 Å². The number of aryl methyl sites for hydroxylation is 3.